The molecule has 0 bridgehead atoms. The van der Waals surface area contributed by atoms with Crippen LogP contribution in [0.5, 0.6) is 5.75 Å². The molecule has 0 aliphatic rings. The van der Waals surface area contributed by atoms with Crippen molar-refractivity contribution in [3.05, 3.63) is 27.3 Å². The van der Waals surface area contributed by atoms with Crippen LogP contribution in [-0.2, 0) is 4.74 Å². The van der Waals surface area contributed by atoms with Crippen LogP contribution in [0.2, 0.25) is 0 Å². The van der Waals surface area contributed by atoms with Crippen molar-refractivity contribution in [3.63, 3.8) is 0 Å². The lowest BCUT2D eigenvalue weighted by atomic mass is 10.2. The summed E-state index contributed by atoms with van der Waals surface area (Å²) in [7, 11) is 3.19. The fourth-order valence-electron chi connectivity index (χ4n) is 1.29. The Labute approximate surface area is 131 Å². The van der Waals surface area contributed by atoms with Gasteiger partial charge in [-0.2, -0.15) is 0 Å². The molecule has 7 heteroatoms. The number of nitrogens with one attached hydrogen (secondary N) is 2. The van der Waals surface area contributed by atoms with Gasteiger partial charge >= 0.3 is 0 Å². The fourth-order valence-corrected chi connectivity index (χ4v) is 2.22. The lowest BCUT2D eigenvalue weighted by Crippen LogP contribution is -2.40. The standard InChI is InChI=1S/C12H15IN2O3S/c1-17-6-5-14-12(19)15-11(16)8-3-4-10(18-2)9(13)7-8/h3-4,7H,5-6H2,1-2H3,(H2,14,15,16,19). The number of halogens is 1. The summed E-state index contributed by atoms with van der Waals surface area (Å²) < 4.78 is 10.9. The number of thiocarbonyl (C=S) groups is 1. The van der Waals surface area contributed by atoms with Crippen LogP contribution in [0.15, 0.2) is 18.2 Å². The van der Waals surface area contributed by atoms with E-state index in [0.717, 1.165) is 9.32 Å². The van der Waals surface area contributed by atoms with E-state index in [1.54, 1.807) is 32.4 Å². The Hall–Kier alpha value is -0.930. The summed E-state index contributed by atoms with van der Waals surface area (Å²) in [5, 5.41) is 5.76. The smallest absolute Gasteiger partial charge is 0.257 e. The minimum Gasteiger partial charge on any atom is -0.496 e. The van der Waals surface area contributed by atoms with E-state index in [-0.39, 0.29) is 11.0 Å². The molecule has 0 heterocycles. The maximum atomic E-state index is 11.9. The van der Waals surface area contributed by atoms with Crippen LogP contribution < -0.4 is 15.4 Å². The third-order valence-electron chi connectivity index (χ3n) is 2.23. The number of amides is 1. The molecule has 104 valence electrons. The van der Waals surface area contributed by atoms with Gasteiger partial charge in [0.2, 0.25) is 0 Å². The molecule has 0 unspecified atom stereocenters. The molecule has 1 rings (SSSR count). The molecule has 1 aromatic rings. The lowest BCUT2D eigenvalue weighted by Gasteiger charge is -2.10. The highest BCUT2D eigenvalue weighted by Gasteiger charge is 2.10. The van der Waals surface area contributed by atoms with Gasteiger partial charge in [-0.15, -0.1) is 0 Å². The molecule has 0 fully saturated rings. The molecule has 19 heavy (non-hydrogen) atoms. The van der Waals surface area contributed by atoms with Crippen LogP contribution in [0.4, 0.5) is 0 Å². The first-order valence-electron chi connectivity index (χ1n) is 5.50. The van der Waals surface area contributed by atoms with E-state index in [9.17, 15) is 4.79 Å². The minimum atomic E-state index is -0.254. The Morgan fingerprint density at radius 3 is 2.74 bits per heavy atom. The van der Waals surface area contributed by atoms with Gasteiger partial charge in [0.05, 0.1) is 17.3 Å². The number of hydrogen-bond acceptors (Lipinski definition) is 4. The van der Waals surface area contributed by atoms with E-state index in [2.05, 4.69) is 33.2 Å². The number of carbonyl (C=O) groups excluding carboxylic acids is 1. The summed E-state index contributed by atoms with van der Waals surface area (Å²) in [6.07, 6.45) is 0. The van der Waals surface area contributed by atoms with Crippen LogP contribution in [0.3, 0.4) is 0 Å². The molecule has 0 saturated heterocycles. The van der Waals surface area contributed by atoms with E-state index in [1.807, 2.05) is 0 Å². The molecule has 0 saturated carbocycles. The van der Waals surface area contributed by atoms with Crippen LogP contribution in [0.25, 0.3) is 0 Å². The van der Waals surface area contributed by atoms with Gasteiger partial charge in [-0.3, -0.25) is 10.1 Å². The third-order valence-corrected chi connectivity index (χ3v) is 3.32. The molecule has 2 N–H and O–H groups in total. The van der Waals surface area contributed by atoms with Gasteiger partial charge in [-0.05, 0) is 53.0 Å². The second kappa shape index (κ2) is 8.28. The van der Waals surface area contributed by atoms with E-state index in [1.165, 1.54) is 0 Å². The molecule has 0 radical (unpaired) electrons. The number of rotatable bonds is 5. The molecule has 0 aliphatic carbocycles. The molecule has 0 aromatic heterocycles. The third kappa shape index (κ3) is 5.29. The summed E-state index contributed by atoms with van der Waals surface area (Å²) >= 11 is 7.11. The number of carbonyl (C=O) groups is 1. The van der Waals surface area contributed by atoms with E-state index >= 15 is 0 Å². The molecule has 1 amide bonds. The second-order valence-electron chi connectivity index (χ2n) is 3.55. The maximum absolute atomic E-state index is 11.9. The lowest BCUT2D eigenvalue weighted by molar-refractivity contribution is 0.0976. The van der Waals surface area contributed by atoms with E-state index in [0.29, 0.717) is 18.7 Å². The highest BCUT2D eigenvalue weighted by atomic mass is 127. The summed E-state index contributed by atoms with van der Waals surface area (Å²) in [5.41, 5.74) is 0.529. The quantitative estimate of drug-likeness (QED) is 0.451. The second-order valence-corrected chi connectivity index (χ2v) is 5.12. The predicted molar refractivity (Wildman–Crippen MR) is 85.7 cm³/mol. The molecule has 5 nitrogen and oxygen atoms in total. The van der Waals surface area contributed by atoms with Gasteiger partial charge in [0.25, 0.3) is 5.91 Å². The van der Waals surface area contributed by atoms with Crippen molar-refractivity contribution in [2.75, 3.05) is 27.4 Å². The number of methoxy groups -OCH3 is 2. The largest absolute Gasteiger partial charge is 0.496 e. The maximum Gasteiger partial charge on any atom is 0.257 e. The first-order chi connectivity index (χ1) is 9.08. The van der Waals surface area contributed by atoms with Crippen LogP contribution in [0.1, 0.15) is 10.4 Å². The summed E-state index contributed by atoms with van der Waals surface area (Å²) in [5.74, 6) is 0.480. The van der Waals surface area contributed by atoms with Crippen molar-refractivity contribution < 1.29 is 14.3 Å². The molecule has 1 aromatic carbocycles. The zero-order chi connectivity index (χ0) is 14.3. The van der Waals surface area contributed by atoms with Crippen molar-refractivity contribution in [2.45, 2.75) is 0 Å². The number of benzene rings is 1. The summed E-state index contributed by atoms with van der Waals surface area (Å²) in [6, 6.07) is 5.18. The molecule has 0 atom stereocenters. The average Bonchev–Trinajstić information content (AvgIpc) is 2.38. The zero-order valence-electron chi connectivity index (χ0n) is 10.7. The summed E-state index contributed by atoms with van der Waals surface area (Å²) in [6.45, 7) is 1.08. The molecular formula is C12H15IN2O3S. The molecule has 0 spiro atoms. The number of hydrogen-bond donors (Lipinski definition) is 2. The minimum absolute atomic E-state index is 0.254. The Morgan fingerprint density at radius 1 is 1.42 bits per heavy atom. The Balaban J connectivity index is 2.58. The van der Waals surface area contributed by atoms with Crippen molar-refractivity contribution in [1.29, 1.82) is 0 Å². The summed E-state index contributed by atoms with van der Waals surface area (Å²) in [4.78, 5) is 11.9. The Morgan fingerprint density at radius 2 is 2.16 bits per heavy atom. The Bertz CT molecular complexity index is 468. The van der Waals surface area contributed by atoms with E-state index in [4.69, 9.17) is 21.7 Å². The normalized spacial score (nSPS) is 9.84. The van der Waals surface area contributed by atoms with Gasteiger partial charge in [-0.1, -0.05) is 0 Å². The highest BCUT2D eigenvalue weighted by Crippen LogP contribution is 2.21. The van der Waals surface area contributed by atoms with Crippen LogP contribution >= 0.6 is 34.8 Å². The van der Waals surface area contributed by atoms with Crippen molar-refractivity contribution in [3.8, 4) is 5.75 Å². The molecule has 0 aliphatic heterocycles. The Kier molecular flexibility index (Phi) is 7.03. The van der Waals surface area contributed by atoms with Crippen LogP contribution in [-0.4, -0.2) is 38.4 Å². The highest BCUT2D eigenvalue weighted by molar-refractivity contribution is 14.1. The van der Waals surface area contributed by atoms with Gasteiger partial charge in [0.15, 0.2) is 5.11 Å². The fraction of sp³-hybridized carbons (Fsp3) is 0.333. The zero-order valence-corrected chi connectivity index (χ0v) is 13.6. The first-order valence-corrected chi connectivity index (χ1v) is 6.99. The monoisotopic (exact) mass is 394 g/mol. The van der Waals surface area contributed by atoms with Crippen molar-refractivity contribution in [1.82, 2.24) is 10.6 Å². The van der Waals surface area contributed by atoms with Crippen molar-refractivity contribution >= 4 is 45.8 Å². The van der Waals surface area contributed by atoms with Crippen molar-refractivity contribution in [2.24, 2.45) is 0 Å². The predicted octanol–water partition coefficient (Wildman–Crippen LogP) is 1.55. The number of ether oxygens (including phenoxy) is 2. The first kappa shape index (κ1) is 16.1. The molecular weight excluding hydrogens is 379 g/mol. The van der Waals surface area contributed by atoms with Gasteiger partial charge in [0.1, 0.15) is 5.75 Å². The SMILES string of the molecule is COCCNC(=S)NC(=O)c1ccc(OC)c(I)c1. The van der Waals surface area contributed by atoms with Gasteiger partial charge < -0.3 is 14.8 Å². The topological polar surface area (TPSA) is 59.6 Å². The van der Waals surface area contributed by atoms with E-state index < -0.39 is 0 Å². The van der Waals surface area contributed by atoms with Gasteiger partial charge in [0, 0.05) is 19.2 Å². The van der Waals surface area contributed by atoms with Gasteiger partial charge in [-0.25, -0.2) is 0 Å². The van der Waals surface area contributed by atoms with Crippen LogP contribution in [0, 0.1) is 3.57 Å². The average molecular weight is 394 g/mol.